The van der Waals surface area contributed by atoms with Crippen molar-refractivity contribution in [3.63, 3.8) is 0 Å². The van der Waals surface area contributed by atoms with Gasteiger partial charge in [-0.25, -0.2) is 4.39 Å². The molecule has 0 saturated carbocycles. The van der Waals surface area contributed by atoms with Crippen molar-refractivity contribution in [1.29, 1.82) is 0 Å². The molecule has 1 atom stereocenters. The van der Waals surface area contributed by atoms with Gasteiger partial charge in [-0.15, -0.1) is 0 Å². The average molecular weight is 383 g/mol. The Bertz CT molecular complexity index is 978. The van der Waals surface area contributed by atoms with Crippen molar-refractivity contribution >= 4 is 22.6 Å². The molecular weight excluding hydrogens is 361 g/mol. The first-order valence-electron chi connectivity index (χ1n) is 9.44. The van der Waals surface area contributed by atoms with Gasteiger partial charge < -0.3 is 14.5 Å². The Kier molecular flexibility index (Phi) is 5.00. The molecule has 28 heavy (non-hydrogen) atoms. The number of rotatable bonds is 5. The molecule has 2 aromatic carbocycles. The summed E-state index contributed by atoms with van der Waals surface area (Å²) in [6.45, 7) is 4.80. The fourth-order valence-corrected chi connectivity index (χ4v) is 3.80. The Labute approximate surface area is 162 Å². The van der Waals surface area contributed by atoms with Crippen LogP contribution in [0.3, 0.4) is 0 Å². The molecule has 3 aromatic rings. The maximum Gasteiger partial charge on any atom is 0.180 e. The Balaban J connectivity index is 1.47. The van der Waals surface area contributed by atoms with Crippen LogP contribution in [0.4, 0.5) is 10.2 Å². The summed E-state index contributed by atoms with van der Waals surface area (Å²) in [7, 11) is 0. The number of anilines is 1. The molecule has 1 aromatic heterocycles. The number of nitrogens with zero attached hydrogens (tertiary/aromatic N) is 3. The number of carbonyl (C=O) groups is 1. The van der Waals surface area contributed by atoms with E-state index in [1.54, 1.807) is 30.3 Å². The van der Waals surface area contributed by atoms with E-state index in [0.29, 0.717) is 49.6 Å². The molecule has 1 N–H and O–H groups in total. The van der Waals surface area contributed by atoms with E-state index in [9.17, 15) is 14.3 Å². The molecule has 0 bridgehead atoms. The number of piperazine rings is 1. The summed E-state index contributed by atoms with van der Waals surface area (Å²) < 4.78 is 18.5. The van der Waals surface area contributed by atoms with Gasteiger partial charge in [-0.3, -0.25) is 9.69 Å². The van der Waals surface area contributed by atoms with Gasteiger partial charge in [0, 0.05) is 31.7 Å². The van der Waals surface area contributed by atoms with E-state index in [0.717, 1.165) is 5.39 Å². The first kappa shape index (κ1) is 18.4. The Morgan fingerprint density at radius 3 is 2.57 bits per heavy atom. The smallest absolute Gasteiger partial charge is 0.180 e. The van der Waals surface area contributed by atoms with Gasteiger partial charge in [0.15, 0.2) is 17.2 Å². The molecule has 1 unspecified atom stereocenters. The summed E-state index contributed by atoms with van der Waals surface area (Å²) in [5.41, 5.74) is 1.17. The van der Waals surface area contributed by atoms with Crippen molar-refractivity contribution in [3.05, 3.63) is 53.8 Å². The second-order valence-corrected chi connectivity index (χ2v) is 7.00. The maximum atomic E-state index is 13.1. The van der Waals surface area contributed by atoms with Gasteiger partial charge in [0.05, 0.1) is 11.4 Å². The van der Waals surface area contributed by atoms with Crippen LogP contribution in [-0.2, 0) is 0 Å². The van der Waals surface area contributed by atoms with E-state index >= 15 is 0 Å². The zero-order valence-corrected chi connectivity index (χ0v) is 15.6. The monoisotopic (exact) mass is 383 g/mol. The summed E-state index contributed by atoms with van der Waals surface area (Å²) >= 11 is 0. The minimum Gasteiger partial charge on any atom is -0.508 e. The third-order valence-corrected chi connectivity index (χ3v) is 5.31. The van der Waals surface area contributed by atoms with Gasteiger partial charge in [-0.2, -0.15) is 0 Å². The van der Waals surface area contributed by atoms with Gasteiger partial charge >= 0.3 is 0 Å². The fourth-order valence-electron chi connectivity index (χ4n) is 3.80. The Morgan fingerprint density at radius 2 is 1.89 bits per heavy atom. The number of aromatic nitrogens is 1. The summed E-state index contributed by atoms with van der Waals surface area (Å²) in [6.07, 6.45) is 0.691. The van der Waals surface area contributed by atoms with E-state index in [-0.39, 0.29) is 23.4 Å². The van der Waals surface area contributed by atoms with E-state index in [1.165, 1.54) is 12.1 Å². The van der Waals surface area contributed by atoms with Crippen LogP contribution in [0.25, 0.3) is 11.0 Å². The van der Waals surface area contributed by atoms with Crippen LogP contribution >= 0.6 is 0 Å². The number of Topliss-reactive ketones (excluding diaryl/α,β-unsaturated/α-hetero) is 1. The van der Waals surface area contributed by atoms with Crippen molar-refractivity contribution < 1.29 is 18.8 Å². The standard InChI is InChI=1S/C21H22FN3O3/c1-2-18(20(27)14-3-5-15(22)6-4-14)24-9-11-25(12-10-24)21-17-13-16(26)7-8-19(17)28-23-21/h3-8,13,18,26H,2,9-12H2,1H3. The maximum absolute atomic E-state index is 13.1. The summed E-state index contributed by atoms with van der Waals surface area (Å²) in [4.78, 5) is 17.2. The quantitative estimate of drug-likeness (QED) is 0.681. The largest absolute Gasteiger partial charge is 0.508 e. The van der Waals surface area contributed by atoms with Crippen molar-refractivity contribution in [2.24, 2.45) is 0 Å². The number of hydrogen-bond donors (Lipinski definition) is 1. The molecule has 1 saturated heterocycles. The third-order valence-electron chi connectivity index (χ3n) is 5.31. The van der Waals surface area contributed by atoms with E-state index in [4.69, 9.17) is 4.52 Å². The first-order chi connectivity index (χ1) is 13.6. The number of hydrogen-bond acceptors (Lipinski definition) is 6. The van der Waals surface area contributed by atoms with E-state index in [1.807, 2.05) is 6.92 Å². The van der Waals surface area contributed by atoms with Crippen molar-refractivity contribution in [3.8, 4) is 5.75 Å². The van der Waals surface area contributed by atoms with Gasteiger partial charge in [0.2, 0.25) is 0 Å². The normalized spacial score (nSPS) is 16.4. The molecule has 1 aliphatic heterocycles. The number of phenolic OH excluding ortho intramolecular Hbond substituents is 1. The number of carbonyl (C=O) groups excluding carboxylic acids is 1. The van der Waals surface area contributed by atoms with Gasteiger partial charge in [0.25, 0.3) is 0 Å². The lowest BCUT2D eigenvalue weighted by molar-refractivity contribution is 0.0800. The molecule has 0 radical (unpaired) electrons. The SMILES string of the molecule is CCC(C(=O)c1ccc(F)cc1)N1CCN(c2noc3ccc(O)cc23)CC1. The second-order valence-electron chi connectivity index (χ2n) is 7.00. The molecular formula is C21H22FN3O3. The highest BCUT2D eigenvalue weighted by Crippen LogP contribution is 2.30. The molecule has 0 amide bonds. The van der Waals surface area contributed by atoms with Crippen LogP contribution in [0.1, 0.15) is 23.7 Å². The minimum absolute atomic E-state index is 0.0211. The van der Waals surface area contributed by atoms with Crippen LogP contribution < -0.4 is 4.90 Å². The van der Waals surface area contributed by atoms with E-state index < -0.39 is 0 Å². The molecule has 1 fully saturated rings. The number of ketones is 1. The van der Waals surface area contributed by atoms with Crippen molar-refractivity contribution in [2.45, 2.75) is 19.4 Å². The number of halogens is 1. The van der Waals surface area contributed by atoms with Crippen LogP contribution in [-0.4, -0.2) is 53.2 Å². The first-order valence-corrected chi connectivity index (χ1v) is 9.44. The summed E-state index contributed by atoms with van der Waals surface area (Å²) in [5, 5.41) is 14.7. The Morgan fingerprint density at radius 1 is 1.18 bits per heavy atom. The van der Waals surface area contributed by atoms with Gasteiger partial charge in [-0.1, -0.05) is 12.1 Å². The lowest BCUT2D eigenvalue weighted by atomic mass is 10.00. The molecule has 6 nitrogen and oxygen atoms in total. The highest BCUT2D eigenvalue weighted by molar-refractivity contribution is 6.00. The average Bonchev–Trinajstić information content (AvgIpc) is 3.12. The number of benzene rings is 2. The van der Waals surface area contributed by atoms with Crippen LogP contribution in [0.5, 0.6) is 5.75 Å². The summed E-state index contributed by atoms with van der Waals surface area (Å²) in [5.74, 6) is 0.562. The van der Waals surface area contributed by atoms with E-state index in [2.05, 4.69) is 15.0 Å². The topological polar surface area (TPSA) is 69.8 Å². The second kappa shape index (κ2) is 7.59. The molecule has 1 aliphatic rings. The molecule has 0 aliphatic carbocycles. The number of fused-ring (bicyclic) bond motifs is 1. The van der Waals surface area contributed by atoms with Crippen LogP contribution in [0.15, 0.2) is 47.0 Å². The zero-order valence-electron chi connectivity index (χ0n) is 15.6. The van der Waals surface area contributed by atoms with Gasteiger partial charge in [-0.05, 0) is 48.9 Å². The van der Waals surface area contributed by atoms with Gasteiger partial charge in [0.1, 0.15) is 11.6 Å². The third kappa shape index (κ3) is 3.45. The predicted octanol–water partition coefficient (Wildman–Crippen LogP) is 3.46. The highest BCUT2D eigenvalue weighted by atomic mass is 19.1. The van der Waals surface area contributed by atoms with Crippen LogP contribution in [0.2, 0.25) is 0 Å². The van der Waals surface area contributed by atoms with Crippen molar-refractivity contribution in [1.82, 2.24) is 10.1 Å². The number of aromatic hydroxyl groups is 1. The van der Waals surface area contributed by atoms with Crippen molar-refractivity contribution in [2.75, 3.05) is 31.1 Å². The highest BCUT2D eigenvalue weighted by Gasteiger charge is 2.29. The molecule has 0 spiro atoms. The lowest BCUT2D eigenvalue weighted by Gasteiger charge is -2.38. The molecule has 7 heteroatoms. The fraction of sp³-hybridized carbons (Fsp3) is 0.333. The lowest BCUT2D eigenvalue weighted by Crippen LogP contribution is -2.52. The predicted molar refractivity (Wildman–Crippen MR) is 104 cm³/mol. The van der Waals surface area contributed by atoms with Crippen LogP contribution in [0, 0.1) is 5.82 Å². The number of phenols is 1. The molecule has 146 valence electrons. The Hall–Kier alpha value is -2.93. The molecule has 4 rings (SSSR count). The zero-order chi connectivity index (χ0) is 19.7. The minimum atomic E-state index is -0.343. The molecule has 2 heterocycles. The summed E-state index contributed by atoms with van der Waals surface area (Å²) in [6, 6.07) is 10.4.